The molecule has 0 aromatic rings. The number of aliphatic hydroxyl groups is 1. The van der Waals surface area contributed by atoms with Crippen molar-refractivity contribution in [2.24, 2.45) is 17.1 Å². The van der Waals surface area contributed by atoms with Gasteiger partial charge in [0.15, 0.2) is 0 Å². The monoisotopic (exact) mass is 155 g/mol. The molecule has 2 aliphatic carbocycles. The predicted molar refractivity (Wildman–Crippen MR) is 44.1 cm³/mol. The lowest BCUT2D eigenvalue weighted by Crippen LogP contribution is -2.30. The Morgan fingerprint density at radius 1 is 1.36 bits per heavy atom. The first-order valence-corrected chi connectivity index (χ1v) is 4.67. The van der Waals surface area contributed by atoms with Gasteiger partial charge in [0.05, 0.1) is 6.10 Å². The van der Waals surface area contributed by atoms with E-state index in [1.54, 1.807) is 0 Å². The Hall–Kier alpha value is -0.0800. The molecule has 0 spiro atoms. The zero-order valence-corrected chi connectivity index (χ0v) is 6.92. The molecular weight excluding hydrogens is 138 g/mol. The van der Waals surface area contributed by atoms with E-state index in [4.69, 9.17) is 5.73 Å². The third-order valence-corrected chi connectivity index (χ3v) is 3.56. The van der Waals surface area contributed by atoms with E-state index in [2.05, 4.69) is 0 Å². The summed E-state index contributed by atoms with van der Waals surface area (Å²) in [7, 11) is 0. The Balaban J connectivity index is 2.03. The Labute approximate surface area is 67.8 Å². The zero-order valence-electron chi connectivity index (χ0n) is 6.92. The fourth-order valence-electron chi connectivity index (χ4n) is 2.54. The zero-order chi connectivity index (χ0) is 7.90. The molecule has 2 unspecified atom stereocenters. The van der Waals surface area contributed by atoms with E-state index in [0.717, 1.165) is 13.0 Å². The van der Waals surface area contributed by atoms with Crippen molar-refractivity contribution in [3.05, 3.63) is 0 Å². The summed E-state index contributed by atoms with van der Waals surface area (Å²) in [6.45, 7) is 0.786. The Morgan fingerprint density at radius 3 is 2.45 bits per heavy atom. The molecule has 0 heterocycles. The van der Waals surface area contributed by atoms with Gasteiger partial charge < -0.3 is 10.8 Å². The molecule has 2 saturated carbocycles. The lowest BCUT2D eigenvalue weighted by atomic mass is 9.86. The minimum absolute atomic E-state index is 0.0407. The Kier molecular flexibility index (Phi) is 1.69. The molecule has 2 atom stereocenters. The average molecular weight is 155 g/mol. The van der Waals surface area contributed by atoms with Crippen molar-refractivity contribution in [1.29, 1.82) is 0 Å². The molecule has 3 N–H and O–H groups in total. The van der Waals surface area contributed by atoms with Crippen molar-refractivity contribution in [3.63, 3.8) is 0 Å². The standard InChI is InChI=1S/C9H17NO/c10-6-9(4-5-9)7-2-1-3-8(7)11/h7-8,11H,1-6,10H2. The van der Waals surface area contributed by atoms with Crippen molar-refractivity contribution in [2.75, 3.05) is 6.54 Å². The number of aliphatic hydroxyl groups excluding tert-OH is 1. The van der Waals surface area contributed by atoms with Gasteiger partial charge in [0.2, 0.25) is 0 Å². The average Bonchev–Trinajstić information content (AvgIpc) is 2.70. The molecule has 0 aliphatic heterocycles. The molecule has 0 bridgehead atoms. The second-order valence-electron chi connectivity index (χ2n) is 4.17. The lowest BCUT2D eigenvalue weighted by molar-refractivity contribution is 0.0911. The van der Waals surface area contributed by atoms with Gasteiger partial charge in [-0.15, -0.1) is 0 Å². The third-order valence-electron chi connectivity index (χ3n) is 3.56. The van der Waals surface area contributed by atoms with Gasteiger partial charge in [0.25, 0.3) is 0 Å². The van der Waals surface area contributed by atoms with E-state index in [9.17, 15) is 5.11 Å². The second-order valence-corrected chi connectivity index (χ2v) is 4.17. The van der Waals surface area contributed by atoms with Gasteiger partial charge in [0.1, 0.15) is 0 Å². The van der Waals surface area contributed by atoms with Crippen LogP contribution in [0.4, 0.5) is 0 Å². The third kappa shape index (κ3) is 1.09. The maximum atomic E-state index is 9.64. The summed E-state index contributed by atoms with van der Waals surface area (Å²) in [6.07, 6.45) is 5.88. The summed E-state index contributed by atoms with van der Waals surface area (Å²) in [5.41, 5.74) is 6.07. The normalized spacial score (nSPS) is 40.9. The summed E-state index contributed by atoms with van der Waals surface area (Å²) in [6, 6.07) is 0. The van der Waals surface area contributed by atoms with Gasteiger partial charge in [-0.25, -0.2) is 0 Å². The quantitative estimate of drug-likeness (QED) is 0.622. The minimum atomic E-state index is -0.0407. The second kappa shape index (κ2) is 2.46. The summed E-state index contributed by atoms with van der Waals surface area (Å²) < 4.78 is 0. The maximum Gasteiger partial charge on any atom is 0.0574 e. The highest BCUT2D eigenvalue weighted by Gasteiger charge is 2.51. The molecule has 11 heavy (non-hydrogen) atoms. The fourth-order valence-corrected chi connectivity index (χ4v) is 2.54. The molecule has 0 amide bonds. The van der Waals surface area contributed by atoms with Gasteiger partial charge in [-0.05, 0) is 43.6 Å². The van der Waals surface area contributed by atoms with E-state index in [1.807, 2.05) is 0 Å². The smallest absolute Gasteiger partial charge is 0.0574 e. The van der Waals surface area contributed by atoms with Crippen LogP contribution in [0.15, 0.2) is 0 Å². The SMILES string of the molecule is NCC1(C2CCCC2O)CC1. The van der Waals surface area contributed by atoms with Crippen LogP contribution in [-0.4, -0.2) is 17.8 Å². The first kappa shape index (κ1) is 7.56. The van der Waals surface area contributed by atoms with Crippen LogP contribution in [0.1, 0.15) is 32.1 Å². The molecular formula is C9H17NO. The highest BCUT2D eigenvalue weighted by atomic mass is 16.3. The molecule has 0 saturated heterocycles. The molecule has 2 rings (SSSR count). The highest BCUT2D eigenvalue weighted by molar-refractivity contribution is 5.03. The number of hydrogen-bond acceptors (Lipinski definition) is 2. The molecule has 2 fully saturated rings. The predicted octanol–water partition coefficient (Wildman–Crippen LogP) is 0.886. The molecule has 0 aromatic heterocycles. The van der Waals surface area contributed by atoms with E-state index in [1.165, 1.54) is 25.7 Å². The molecule has 0 radical (unpaired) electrons. The van der Waals surface area contributed by atoms with Gasteiger partial charge in [-0.3, -0.25) is 0 Å². The van der Waals surface area contributed by atoms with Crippen molar-refractivity contribution < 1.29 is 5.11 Å². The lowest BCUT2D eigenvalue weighted by Gasteiger charge is -2.23. The molecule has 2 nitrogen and oxygen atoms in total. The number of nitrogens with two attached hydrogens (primary N) is 1. The Bertz CT molecular complexity index is 154. The molecule has 2 aliphatic rings. The van der Waals surface area contributed by atoms with Crippen LogP contribution < -0.4 is 5.73 Å². The minimum Gasteiger partial charge on any atom is -0.393 e. The summed E-state index contributed by atoms with van der Waals surface area (Å²) in [5, 5.41) is 9.64. The number of rotatable bonds is 2. The van der Waals surface area contributed by atoms with Gasteiger partial charge >= 0.3 is 0 Å². The van der Waals surface area contributed by atoms with Crippen LogP contribution in [0.3, 0.4) is 0 Å². The highest BCUT2D eigenvalue weighted by Crippen LogP contribution is 2.56. The topological polar surface area (TPSA) is 46.2 Å². The fraction of sp³-hybridized carbons (Fsp3) is 1.00. The van der Waals surface area contributed by atoms with E-state index in [0.29, 0.717) is 11.3 Å². The van der Waals surface area contributed by atoms with Crippen LogP contribution in [-0.2, 0) is 0 Å². The largest absolute Gasteiger partial charge is 0.393 e. The van der Waals surface area contributed by atoms with E-state index >= 15 is 0 Å². The summed E-state index contributed by atoms with van der Waals surface area (Å²) in [5.74, 6) is 0.535. The van der Waals surface area contributed by atoms with Gasteiger partial charge in [-0.2, -0.15) is 0 Å². The summed E-state index contributed by atoms with van der Waals surface area (Å²) >= 11 is 0. The molecule has 0 aromatic carbocycles. The van der Waals surface area contributed by atoms with Crippen molar-refractivity contribution in [2.45, 2.75) is 38.2 Å². The molecule has 64 valence electrons. The van der Waals surface area contributed by atoms with Crippen LogP contribution in [0.2, 0.25) is 0 Å². The Morgan fingerprint density at radius 2 is 2.09 bits per heavy atom. The van der Waals surface area contributed by atoms with Crippen LogP contribution in [0.25, 0.3) is 0 Å². The first-order valence-electron chi connectivity index (χ1n) is 4.67. The summed E-state index contributed by atoms with van der Waals surface area (Å²) in [4.78, 5) is 0. The van der Waals surface area contributed by atoms with E-state index in [-0.39, 0.29) is 6.10 Å². The number of hydrogen-bond donors (Lipinski definition) is 2. The van der Waals surface area contributed by atoms with Crippen molar-refractivity contribution in [1.82, 2.24) is 0 Å². The van der Waals surface area contributed by atoms with Crippen molar-refractivity contribution >= 4 is 0 Å². The first-order chi connectivity index (χ1) is 5.28. The van der Waals surface area contributed by atoms with Gasteiger partial charge in [-0.1, -0.05) is 6.42 Å². The van der Waals surface area contributed by atoms with E-state index < -0.39 is 0 Å². The van der Waals surface area contributed by atoms with Crippen LogP contribution in [0, 0.1) is 11.3 Å². The van der Waals surface area contributed by atoms with Crippen LogP contribution >= 0.6 is 0 Å². The van der Waals surface area contributed by atoms with Gasteiger partial charge in [0, 0.05) is 0 Å². The van der Waals surface area contributed by atoms with Crippen molar-refractivity contribution in [3.8, 4) is 0 Å². The maximum absolute atomic E-state index is 9.64. The molecule has 2 heteroatoms. The van der Waals surface area contributed by atoms with Crippen LogP contribution in [0.5, 0.6) is 0 Å².